The van der Waals surface area contributed by atoms with Gasteiger partial charge < -0.3 is 10.6 Å². The molecule has 8 heteroatoms. The van der Waals surface area contributed by atoms with Crippen molar-refractivity contribution >= 4 is 17.7 Å². The van der Waals surface area contributed by atoms with E-state index in [0.717, 1.165) is 0 Å². The molecular weight excluding hydrogens is 271 g/mol. The molecule has 0 spiro atoms. The van der Waals surface area contributed by atoms with E-state index in [1.807, 2.05) is 0 Å². The molecule has 100 valence electrons. The molecule has 0 bridgehead atoms. The fraction of sp³-hybridized carbons (Fsp3) is 0.182. The van der Waals surface area contributed by atoms with Gasteiger partial charge in [-0.25, -0.2) is 13.9 Å². The van der Waals surface area contributed by atoms with Crippen LogP contribution in [0.15, 0.2) is 29.7 Å². The van der Waals surface area contributed by atoms with Crippen LogP contribution in [0.2, 0.25) is 0 Å². The van der Waals surface area contributed by atoms with Gasteiger partial charge in [0.25, 0.3) is 0 Å². The number of hydrogen-bond acceptors (Lipinski definition) is 6. The third-order valence-electron chi connectivity index (χ3n) is 2.35. The summed E-state index contributed by atoms with van der Waals surface area (Å²) in [6.45, 7) is 0. The van der Waals surface area contributed by atoms with Gasteiger partial charge in [0.1, 0.15) is 12.1 Å². The number of hydrogen-bond donors (Lipinski definition) is 1. The van der Waals surface area contributed by atoms with Crippen molar-refractivity contribution in [3.05, 3.63) is 41.5 Å². The zero-order chi connectivity index (χ0) is 13.8. The molecule has 2 aromatic rings. The second-order valence-electron chi connectivity index (χ2n) is 3.62. The van der Waals surface area contributed by atoms with Crippen molar-refractivity contribution < 1.29 is 13.9 Å². The van der Waals surface area contributed by atoms with Crippen LogP contribution in [-0.2, 0) is 10.5 Å². The first kappa shape index (κ1) is 13.3. The predicted octanol–water partition coefficient (Wildman–Crippen LogP) is 1.21. The third kappa shape index (κ3) is 3.02. The van der Waals surface area contributed by atoms with E-state index < -0.39 is 11.8 Å². The molecular formula is C11H11FN4O2S. The molecule has 0 aliphatic carbocycles. The molecule has 2 N–H and O–H groups in total. The molecule has 0 saturated heterocycles. The molecule has 1 aromatic heterocycles. The zero-order valence-corrected chi connectivity index (χ0v) is 10.9. The highest BCUT2D eigenvalue weighted by Gasteiger charge is 2.12. The van der Waals surface area contributed by atoms with Gasteiger partial charge in [-0.05, 0) is 17.7 Å². The Hall–Kier alpha value is -2.09. The Morgan fingerprint density at radius 2 is 2.37 bits per heavy atom. The number of carbonyl (C=O) groups is 1. The van der Waals surface area contributed by atoms with Crippen LogP contribution in [-0.4, -0.2) is 28.0 Å². The molecule has 0 atom stereocenters. The van der Waals surface area contributed by atoms with E-state index in [4.69, 9.17) is 5.84 Å². The van der Waals surface area contributed by atoms with Crippen molar-refractivity contribution in [2.24, 2.45) is 0 Å². The molecule has 0 fully saturated rings. The first-order valence-electron chi connectivity index (χ1n) is 5.26. The van der Waals surface area contributed by atoms with Gasteiger partial charge in [-0.15, -0.1) is 10.2 Å². The highest BCUT2D eigenvalue weighted by atomic mass is 32.2. The molecule has 1 aromatic carbocycles. The van der Waals surface area contributed by atoms with Crippen LogP contribution in [0.3, 0.4) is 0 Å². The van der Waals surface area contributed by atoms with Crippen molar-refractivity contribution in [2.45, 2.75) is 10.9 Å². The van der Waals surface area contributed by atoms with Gasteiger partial charge in [-0.1, -0.05) is 17.8 Å². The van der Waals surface area contributed by atoms with Crippen LogP contribution in [0.25, 0.3) is 0 Å². The topological polar surface area (TPSA) is 83.0 Å². The predicted molar refractivity (Wildman–Crippen MR) is 67.5 cm³/mol. The molecule has 0 amide bonds. The second-order valence-corrected chi connectivity index (χ2v) is 4.56. The summed E-state index contributed by atoms with van der Waals surface area (Å²) in [6.07, 6.45) is 1.38. The molecule has 0 aliphatic rings. The van der Waals surface area contributed by atoms with Gasteiger partial charge >= 0.3 is 5.97 Å². The van der Waals surface area contributed by atoms with E-state index in [2.05, 4.69) is 14.9 Å². The van der Waals surface area contributed by atoms with Crippen LogP contribution in [0.4, 0.5) is 4.39 Å². The molecule has 6 nitrogen and oxygen atoms in total. The normalized spacial score (nSPS) is 10.4. The quantitative estimate of drug-likeness (QED) is 0.515. The Kier molecular flexibility index (Phi) is 4.00. The fourth-order valence-corrected chi connectivity index (χ4v) is 2.18. The number of nitrogen functional groups attached to an aromatic ring is 1. The van der Waals surface area contributed by atoms with E-state index in [1.54, 1.807) is 6.07 Å². The minimum absolute atomic E-state index is 0.0850. The third-order valence-corrected chi connectivity index (χ3v) is 3.38. The highest BCUT2D eigenvalue weighted by Crippen LogP contribution is 2.21. The number of carbonyl (C=O) groups excluding carboxylic acids is 1. The number of methoxy groups -OCH3 is 1. The van der Waals surface area contributed by atoms with E-state index in [-0.39, 0.29) is 5.56 Å². The summed E-state index contributed by atoms with van der Waals surface area (Å²) < 4.78 is 19.4. The molecule has 1 heterocycles. The highest BCUT2D eigenvalue weighted by molar-refractivity contribution is 7.98. The number of halogens is 1. The zero-order valence-electron chi connectivity index (χ0n) is 10.0. The van der Waals surface area contributed by atoms with Gasteiger partial charge in [0.2, 0.25) is 5.16 Å². The Labute approximate surface area is 112 Å². The number of esters is 1. The van der Waals surface area contributed by atoms with Crippen LogP contribution in [0.1, 0.15) is 15.9 Å². The van der Waals surface area contributed by atoms with Gasteiger partial charge in [0.05, 0.1) is 12.7 Å². The van der Waals surface area contributed by atoms with Crippen LogP contribution in [0.5, 0.6) is 0 Å². The van der Waals surface area contributed by atoms with Crippen LogP contribution < -0.4 is 5.84 Å². The van der Waals surface area contributed by atoms with Crippen LogP contribution in [0, 0.1) is 5.82 Å². The van der Waals surface area contributed by atoms with E-state index >= 15 is 0 Å². The summed E-state index contributed by atoms with van der Waals surface area (Å²) in [5.74, 6) is 4.71. The standard InChI is InChI=1S/C11H11FN4O2S/c1-18-10(17)8-3-2-7(4-9(8)12)5-19-11-15-14-6-16(11)13/h2-4,6H,5,13H2,1H3. The number of aromatic nitrogens is 3. The number of ether oxygens (including phenoxy) is 1. The Bertz CT molecular complexity index is 602. The summed E-state index contributed by atoms with van der Waals surface area (Å²) in [4.78, 5) is 11.2. The van der Waals surface area contributed by atoms with Crippen molar-refractivity contribution in [3.8, 4) is 0 Å². The summed E-state index contributed by atoms with van der Waals surface area (Å²) in [7, 11) is 1.21. The van der Waals surface area contributed by atoms with Crippen molar-refractivity contribution in [1.82, 2.24) is 14.9 Å². The SMILES string of the molecule is COC(=O)c1ccc(CSc2nncn2N)cc1F. The van der Waals surface area contributed by atoms with Gasteiger partial charge in [-0.3, -0.25) is 0 Å². The van der Waals surface area contributed by atoms with E-state index in [0.29, 0.717) is 16.5 Å². The number of rotatable bonds is 4. The molecule has 0 radical (unpaired) electrons. The number of thioether (sulfide) groups is 1. The maximum atomic E-state index is 13.7. The number of benzene rings is 1. The summed E-state index contributed by atoms with van der Waals surface area (Å²) in [5, 5.41) is 7.95. The Balaban J connectivity index is 2.08. The average molecular weight is 282 g/mol. The smallest absolute Gasteiger partial charge is 0.340 e. The van der Waals surface area contributed by atoms with Crippen molar-refractivity contribution in [1.29, 1.82) is 0 Å². The fourth-order valence-electron chi connectivity index (χ4n) is 1.41. The molecule has 0 aliphatic heterocycles. The largest absolute Gasteiger partial charge is 0.465 e. The monoisotopic (exact) mass is 282 g/mol. The van der Waals surface area contributed by atoms with Crippen molar-refractivity contribution in [3.63, 3.8) is 0 Å². The van der Waals surface area contributed by atoms with E-state index in [9.17, 15) is 9.18 Å². The Morgan fingerprint density at radius 1 is 1.58 bits per heavy atom. The number of nitrogens with zero attached hydrogens (tertiary/aromatic N) is 3. The summed E-state index contributed by atoms with van der Waals surface area (Å²) >= 11 is 1.32. The first-order valence-corrected chi connectivity index (χ1v) is 6.25. The molecule has 0 unspecified atom stereocenters. The first-order chi connectivity index (χ1) is 9.11. The van der Waals surface area contributed by atoms with Crippen LogP contribution >= 0.6 is 11.8 Å². The average Bonchev–Trinajstić information content (AvgIpc) is 2.81. The minimum atomic E-state index is -0.696. The lowest BCUT2D eigenvalue weighted by Crippen LogP contribution is -2.07. The summed E-state index contributed by atoms with van der Waals surface area (Å²) in [5.41, 5.74) is 0.622. The molecule has 0 saturated carbocycles. The minimum Gasteiger partial charge on any atom is -0.465 e. The van der Waals surface area contributed by atoms with Gasteiger partial charge in [0.15, 0.2) is 0 Å². The maximum absolute atomic E-state index is 13.7. The van der Waals surface area contributed by atoms with E-state index in [1.165, 1.54) is 42.0 Å². The Morgan fingerprint density at radius 3 is 2.95 bits per heavy atom. The maximum Gasteiger partial charge on any atom is 0.340 e. The van der Waals surface area contributed by atoms with Crippen molar-refractivity contribution in [2.75, 3.05) is 13.0 Å². The summed E-state index contributed by atoms with van der Waals surface area (Å²) in [6, 6.07) is 4.33. The lowest BCUT2D eigenvalue weighted by Gasteiger charge is -2.04. The van der Waals surface area contributed by atoms with Gasteiger partial charge in [-0.2, -0.15) is 0 Å². The molecule has 19 heavy (non-hydrogen) atoms. The number of nitrogens with two attached hydrogens (primary N) is 1. The van der Waals surface area contributed by atoms with Gasteiger partial charge in [0, 0.05) is 5.75 Å². The lowest BCUT2D eigenvalue weighted by atomic mass is 10.1. The second kappa shape index (κ2) is 5.70. The molecule has 2 rings (SSSR count). The lowest BCUT2D eigenvalue weighted by molar-refractivity contribution is 0.0595.